The number of nitrogens with zero attached hydrogens (tertiary/aromatic N) is 1. The number of hydrogen-bond donors (Lipinski definition) is 2. The molecule has 2 aromatic rings. The number of alkyl carbamates (subject to hydrolysis) is 1. The van der Waals surface area contributed by atoms with Gasteiger partial charge in [-0.3, -0.25) is 9.59 Å². The zero-order chi connectivity index (χ0) is 24.6. The number of ether oxygens (including phenoxy) is 1. The van der Waals surface area contributed by atoms with Crippen LogP contribution in [-0.2, 0) is 14.3 Å². The summed E-state index contributed by atoms with van der Waals surface area (Å²) in [6.07, 6.45) is 2.57. The van der Waals surface area contributed by atoms with E-state index >= 15 is 0 Å². The fourth-order valence-corrected chi connectivity index (χ4v) is 6.03. The summed E-state index contributed by atoms with van der Waals surface area (Å²) in [5.74, 6) is -0.966. The topological polar surface area (TPSA) is 95.9 Å². The van der Waals surface area contributed by atoms with Gasteiger partial charge in [-0.15, -0.1) is 0 Å². The Bertz CT molecular complexity index is 1100. The van der Waals surface area contributed by atoms with Crippen LogP contribution in [0.15, 0.2) is 48.5 Å². The lowest BCUT2D eigenvalue weighted by Gasteiger charge is -2.26. The Morgan fingerprint density at radius 3 is 2.34 bits per heavy atom. The van der Waals surface area contributed by atoms with Crippen molar-refractivity contribution in [3.05, 3.63) is 59.7 Å². The van der Waals surface area contributed by atoms with E-state index in [0.717, 1.165) is 19.3 Å². The minimum absolute atomic E-state index is 0.00710. The van der Waals surface area contributed by atoms with E-state index in [9.17, 15) is 19.5 Å². The fourth-order valence-electron chi connectivity index (χ4n) is 6.03. The lowest BCUT2D eigenvalue weighted by atomic mass is 9.90. The van der Waals surface area contributed by atoms with Crippen molar-refractivity contribution in [3.63, 3.8) is 0 Å². The summed E-state index contributed by atoms with van der Waals surface area (Å²) < 4.78 is 5.64. The molecule has 3 atom stereocenters. The molecule has 2 aromatic carbocycles. The van der Waals surface area contributed by atoms with E-state index in [4.69, 9.17) is 4.74 Å². The van der Waals surface area contributed by atoms with Crippen LogP contribution in [0.25, 0.3) is 11.1 Å². The largest absolute Gasteiger partial charge is 0.481 e. The molecule has 0 radical (unpaired) electrons. The van der Waals surface area contributed by atoms with Gasteiger partial charge in [0.2, 0.25) is 5.91 Å². The van der Waals surface area contributed by atoms with Crippen molar-refractivity contribution in [2.45, 2.75) is 38.5 Å². The zero-order valence-corrected chi connectivity index (χ0v) is 20.0. The van der Waals surface area contributed by atoms with Crippen LogP contribution in [0, 0.1) is 17.3 Å². The predicted molar refractivity (Wildman–Crippen MR) is 131 cm³/mol. The first-order valence-corrected chi connectivity index (χ1v) is 12.5. The van der Waals surface area contributed by atoms with Gasteiger partial charge in [0.25, 0.3) is 0 Å². The van der Waals surface area contributed by atoms with Crippen LogP contribution in [0.1, 0.15) is 49.7 Å². The summed E-state index contributed by atoms with van der Waals surface area (Å²) in [4.78, 5) is 39.0. The first kappa shape index (κ1) is 23.4. The first-order chi connectivity index (χ1) is 16.9. The Morgan fingerprint density at radius 2 is 1.71 bits per heavy atom. The standard InChI is InChI=1S/C28H32N2O5/c1-28(26(32)33)13-14-30(17-28)25(31)19-12-6-7-18(19)15-29-27(34)35-16-24-22-10-4-2-8-20(22)21-9-3-5-11-23(21)24/h2-5,8-11,18-19,24H,6-7,12-17H2,1H3,(H,29,34)(H,32,33)/t18-,19-,28?/m0/s1. The van der Waals surface area contributed by atoms with E-state index in [1.54, 1.807) is 11.8 Å². The highest BCUT2D eigenvalue weighted by atomic mass is 16.5. The molecule has 0 spiro atoms. The van der Waals surface area contributed by atoms with Gasteiger partial charge in [0.1, 0.15) is 6.61 Å². The number of amides is 2. The van der Waals surface area contributed by atoms with Crippen LogP contribution in [0.2, 0.25) is 0 Å². The molecule has 7 nitrogen and oxygen atoms in total. The molecule has 3 aliphatic rings. The number of likely N-dealkylation sites (tertiary alicyclic amines) is 1. The molecule has 2 N–H and O–H groups in total. The Morgan fingerprint density at radius 1 is 1.06 bits per heavy atom. The molecule has 1 saturated heterocycles. The minimum Gasteiger partial charge on any atom is -0.481 e. The maximum atomic E-state index is 13.1. The highest BCUT2D eigenvalue weighted by Crippen LogP contribution is 2.44. The number of carbonyl (C=O) groups excluding carboxylic acids is 2. The van der Waals surface area contributed by atoms with E-state index in [1.165, 1.54) is 22.3 Å². The monoisotopic (exact) mass is 476 g/mol. The summed E-state index contributed by atoms with van der Waals surface area (Å²) in [6.45, 7) is 3.08. The lowest BCUT2D eigenvalue weighted by Crippen LogP contribution is -2.41. The Kier molecular flexibility index (Phi) is 6.26. The number of aliphatic carboxylic acids is 1. The number of benzene rings is 2. The molecule has 35 heavy (non-hydrogen) atoms. The van der Waals surface area contributed by atoms with E-state index in [-0.39, 0.29) is 36.8 Å². The number of fused-ring (bicyclic) bond motifs is 3. The Hall–Kier alpha value is -3.35. The molecule has 2 aliphatic carbocycles. The smallest absolute Gasteiger partial charge is 0.407 e. The van der Waals surface area contributed by atoms with Gasteiger partial charge in [-0.05, 0) is 54.4 Å². The second-order valence-electron chi connectivity index (χ2n) is 10.4. The van der Waals surface area contributed by atoms with Gasteiger partial charge >= 0.3 is 12.1 Å². The quantitative estimate of drug-likeness (QED) is 0.649. The summed E-state index contributed by atoms with van der Waals surface area (Å²) in [6, 6.07) is 16.4. The maximum Gasteiger partial charge on any atom is 0.407 e. The third-order valence-corrected chi connectivity index (χ3v) is 8.13. The molecule has 5 rings (SSSR count). The van der Waals surface area contributed by atoms with Crippen LogP contribution in [0.4, 0.5) is 4.79 Å². The first-order valence-electron chi connectivity index (χ1n) is 12.5. The second kappa shape index (κ2) is 9.36. The molecule has 1 saturated carbocycles. The van der Waals surface area contributed by atoms with Gasteiger partial charge in [-0.25, -0.2) is 4.79 Å². The van der Waals surface area contributed by atoms with Crippen LogP contribution in [0.3, 0.4) is 0 Å². The van der Waals surface area contributed by atoms with Gasteiger partial charge in [0, 0.05) is 31.5 Å². The fraction of sp³-hybridized carbons (Fsp3) is 0.464. The number of carboxylic acid groups (broad SMARTS) is 1. The SMILES string of the molecule is CC1(C(=O)O)CCN(C(=O)[C@H]2CCC[C@H]2CNC(=O)OCC2c3ccccc3-c3ccccc32)C1. The lowest BCUT2D eigenvalue weighted by molar-refractivity contribution is -0.147. The van der Waals surface area contributed by atoms with Crippen molar-refractivity contribution in [2.75, 3.05) is 26.2 Å². The average molecular weight is 477 g/mol. The Balaban J connectivity index is 1.15. The van der Waals surface area contributed by atoms with Gasteiger partial charge in [0.05, 0.1) is 5.41 Å². The number of hydrogen-bond acceptors (Lipinski definition) is 4. The Labute approximate surface area is 205 Å². The van der Waals surface area contributed by atoms with Crippen molar-refractivity contribution in [1.29, 1.82) is 0 Å². The van der Waals surface area contributed by atoms with Crippen molar-refractivity contribution >= 4 is 18.0 Å². The van der Waals surface area contributed by atoms with Gasteiger partial charge in [0.15, 0.2) is 0 Å². The van der Waals surface area contributed by atoms with E-state index in [2.05, 4.69) is 29.6 Å². The molecule has 1 aliphatic heterocycles. The number of rotatable bonds is 6. The van der Waals surface area contributed by atoms with E-state index in [1.807, 2.05) is 24.3 Å². The van der Waals surface area contributed by atoms with E-state index in [0.29, 0.717) is 19.5 Å². The molecule has 184 valence electrons. The zero-order valence-electron chi connectivity index (χ0n) is 20.0. The van der Waals surface area contributed by atoms with Crippen LogP contribution < -0.4 is 5.32 Å². The summed E-state index contributed by atoms with van der Waals surface area (Å²) in [5.41, 5.74) is 3.84. The molecule has 7 heteroatoms. The molecular formula is C28H32N2O5. The van der Waals surface area contributed by atoms with Gasteiger partial charge < -0.3 is 20.1 Å². The maximum absolute atomic E-state index is 13.1. The third kappa shape index (κ3) is 4.40. The second-order valence-corrected chi connectivity index (χ2v) is 10.4. The predicted octanol–water partition coefficient (Wildman–Crippen LogP) is 4.26. The summed E-state index contributed by atoms with van der Waals surface area (Å²) in [7, 11) is 0. The molecule has 2 fully saturated rings. The molecule has 2 amide bonds. The highest BCUT2D eigenvalue weighted by molar-refractivity contribution is 5.82. The number of carbonyl (C=O) groups is 3. The van der Waals surface area contributed by atoms with Crippen molar-refractivity contribution < 1.29 is 24.2 Å². The summed E-state index contributed by atoms with van der Waals surface area (Å²) in [5, 5.41) is 12.4. The molecule has 0 aromatic heterocycles. The third-order valence-electron chi connectivity index (χ3n) is 8.13. The minimum atomic E-state index is -0.872. The normalized spacial score (nSPS) is 25.2. The molecule has 1 heterocycles. The number of carboxylic acids is 1. The van der Waals surface area contributed by atoms with Crippen LogP contribution in [0.5, 0.6) is 0 Å². The van der Waals surface area contributed by atoms with E-state index < -0.39 is 17.5 Å². The van der Waals surface area contributed by atoms with Gasteiger partial charge in [-0.1, -0.05) is 55.0 Å². The average Bonchev–Trinajstić information content (AvgIpc) is 3.57. The van der Waals surface area contributed by atoms with Crippen LogP contribution >= 0.6 is 0 Å². The van der Waals surface area contributed by atoms with Crippen LogP contribution in [-0.4, -0.2) is 54.2 Å². The summed E-state index contributed by atoms with van der Waals surface area (Å²) >= 11 is 0. The molecule has 1 unspecified atom stereocenters. The number of nitrogens with one attached hydrogen (secondary N) is 1. The van der Waals surface area contributed by atoms with Crippen molar-refractivity contribution in [2.24, 2.45) is 17.3 Å². The highest BCUT2D eigenvalue weighted by Gasteiger charge is 2.45. The van der Waals surface area contributed by atoms with Crippen molar-refractivity contribution in [1.82, 2.24) is 10.2 Å². The molecular weight excluding hydrogens is 444 g/mol. The van der Waals surface area contributed by atoms with Crippen molar-refractivity contribution in [3.8, 4) is 11.1 Å². The van der Waals surface area contributed by atoms with Gasteiger partial charge in [-0.2, -0.15) is 0 Å². The molecule has 0 bridgehead atoms.